The number of carbonyl (C=O) groups is 1. The van der Waals surface area contributed by atoms with Crippen LogP contribution < -0.4 is 5.32 Å². The van der Waals surface area contributed by atoms with E-state index in [1.807, 2.05) is 6.92 Å². The van der Waals surface area contributed by atoms with Crippen LogP contribution in [0.1, 0.15) is 13.3 Å². The molecule has 0 aromatic heterocycles. The molecule has 0 bridgehead atoms. The van der Waals surface area contributed by atoms with E-state index in [2.05, 4.69) is 10.1 Å². The number of sulfone groups is 1. The van der Waals surface area contributed by atoms with Crippen molar-refractivity contribution in [3.05, 3.63) is 24.3 Å². The van der Waals surface area contributed by atoms with Gasteiger partial charge in [-0.25, -0.2) is 8.42 Å². The molecule has 1 aromatic carbocycles. The van der Waals surface area contributed by atoms with Crippen LogP contribution in [0.15, 0.2) is 29.2 Å². The van der Waals surface area contributed by atoms with Gasteiger partial charge in [0.1, 0.15) is 6.54 Å². The van der Waals surface area contributed by atoms with Gasteiger partial charge in [-0.3, -0.25) is 4.79 Å². The molecule has 18 heavy (non-hydrogen) atoms. The number of para-hydroxylation sites is 1. The zero-order valence-electron chi connectivity index (χ0n) is 10.5. The third-order valence-electron chi connectivity index (χ3n) is 2.35. The van der Waals surface area contributed by atoms with Crippen molar-refractivity contribution < 1.29 is 17.9 Å². The first-order chi connectivity index (χ1) is 8.51. The van der Waals surface area contributed by atoms with E-state index in [9.17, 15) is 13.2 Å². The zero-order valence-corrected chi connectivity index (χ0v) is 11.3. The molecule has 0 atom stereocenters. The fourth-order valence-corrected chi connectivity index (χ4v) is 3.02. The predicted octanol–water partition coefficient (Wildman–Crippen LogP) is 1.46. The Bertz CT molecular complexity index is 511. The summed E-state index contributed by atoms with van der Waals surface area (Å²) >= 11 is 0. The Hall–Kier alpha value is -1.56. The molecular formula is C12H17NO4S. The molecule has 0 aliphatic heterocycles. The Balaban J connectivity index is 2.96. The Morgan fingerprint density at radius 2 is 2.00 bits per heavy atom. The Morgan fingerprint density at radius 1 is 1.33 bits per heavy atom. The highest BCUT2D eigenvalue weighted by Crippen LogP contribution is 2.22. The summed E-state index contributed by atoms with van der Waals surface area (Å²) < 4.78 is 28.5. The Kier molecular flexibility index (Phi) is 5.15. The van der Waals surface area contributed by atoms with E-state index in [1.54, 1.807) is 18.2 Å². The first-order valence-corrected chi connectivity index (χ1v) is 7.29. The van der Waals surface area contributed by atoms with E-state index in [0.717, 1.165) is 0 Å². The molecule has 0 saturated carbocycles. The summed E-state index contributed by atoms with van der Waals surface area (Å²) in [4.78, 5) is 11.3. The summed E-state index contributed by atoms with van der Waals surface area (Å²) in [5, 5.41) is 2.77. The van der Waals surface area contributed by atoms with Gasteiger partial charge in [0.2, 0.25) is 0 Å². The minimum Gasteiger partial charge on any atom is -0.468 e. The van der Waals surface area contributed by atoms with Crippen LogP contribution in [-0.4, -0.2) is 33.8 Å². The van der Waals surface area contributed by atoms with Crippen LogP contribution in [0.2, 0.25) is 0 Å². The Morgan fingerprint density at radius 3 is 2.61 bits per heavy atom. The third kappa shape index (κ3) is 3.73. The highest BCUT2D eigenvalue weighted by molar-refractivity contribution is 7.91. The first kappa shape index (κ1) is 14.5. The number of benzene rings is 1. The van der Waals surface area contributed by atoms with Crippen molar-refractivity contribution in [2.24, 2.45) is 0 Å². The summed E-state index contributed by atoms with van der Waals surface area (Å²) in [5.74, 6) is -0.359. The van der Waals surface area contributed by atoms with Crippen molar-refractivity contribution in [1.29, 1.82) is 0 Å². The smallest absolute Gasteiger partial charge is 0.325 e. The van der Waals surface area contributed by atoms with Crippen LogP contribution in [0.4, 0.5) is 5.69 Å². The highest BCUT2D eigenvalue weighted by Gasteiger charge is 2.17. The topological polar surface area (TPSA) is 72.5 Å². The van der Waals surface area contributed by atoms with Gasteiger partial charge in [0, 0.05) is 0 Å². The molecule has 1 N–H and O–H groups in total. The number of methoxy groups -OCH3 is 1. The van der Waals surface area contributed by atoms with Gasteiger partial charge in [-0.1, -0.05) is 19.1 Å². The largest absolute Gasteiger partial charge is 0.468 e. The van der Waals surface area contributed by atoms with Crippen molar-refractivity contribution >= 4 is 21.5 Å². The van der Waals surface area contributed by atoms with Crippen LogP contribution >= 0.6 is 0 Å². The first-order valence-electron chi connectivity index (χ1n) is 5.63. The van der Waals surface area contributed by atoms with Gasteiger partial charge >= 0.3 is 5.97 Å². The van der Waals surface area contributed by atoms with Gasteiger partial charge in [0.25, 0.3) is 0 Å². The number of ether oxygens (including phenoxy) is 1. The molecular weight excluding hydrogens is 254 g/mol. The minimum absolute atomic E-state index is 0.0604. The normalized spacial score (nSPS) is 11.0. The molecule has 0 unspecified atom stereocenters. The molecule has 0 fully saturated rings. The molecule has 5 nitrogen and oxygen atoms in total. The van der Waals surface area contributed by atoms with Gasteiger partial charge in [0.15, 0.2) is 9.84 Å². The standard InChI is InChI=1S/C12H17NO4S/c1-3-8-18(15,16)11-7-5-4-6-10(11)13-9-12(14)17-2/h4-7,13H,3,8-9H2,1-2H3. The van der Waals surface area contributed by atoms with E-state index in [4.69, 9.17) is 0 Å². The van der Waals surface area contributed by atoms with E-state index in [1.165, 1.54) is 13.2 Å². The van der Waals surface area contributed by atoms with Gasteiger partial charge < -0.3 is 10.1 Å². The molecule has 0 spiro atoms. The van der Waals surface area contributed by atoms with Crippen molar-refractivity contribution in [2.75, 3.05) is 24.7 Å². The summed E-state index contributed by atoms with van der Waals surface area (Å²) in [6, 6.07) is 6.53. The van der Waals surface area contributed by atoms with Crippen LogP contribution in [0, 0.1) is 0 Å². The number of anilines is 1. The van der Waals surface area contributed by atoms with Crippen molar-refractivity contribution in [1.82, 2.24) is 0 Å². The molecule has 0 saturated heterocycles. The maximum atomic E-state index is 12.0. The second kappa shape index (κ2) is 6.39. The molecule has 1 aromatic rings. The monoisotopic (exact) mass is 271 g/mol. The number of esters is 1. The molecule has 100 valence electrons. The molecule has 0 aliphatic rings. The highest BCUT2D eigenvalue weighted by atomic mass is 32.2. The lowest BCUT2D eigenvalue weighted by Gasteiger charge is -2.11. The van der Waals surface area contributed by atoms with Crippen molar-refractivity contribution in [2.45, 2.75) is 18.2 Å². The number of hydrogen-bond donors (Lipinski definition) is 1. The number of nitrogens with one attached hydrogen (secondary N) is 1. The maximum Gasteiger partial charge on any atom is 0.325 e. The van der Waals surface area contributed by atoms with Crippen molar-refractivity contribution in [3.63, 3.8) is 0 Å². The minimum atomic E-state index is -3.31. The van der Waals surface area contributed by atoms with Crippen LogP contribution in [-0.2, 0) is 19.4 Å². The molecule has 0 radical (unpaired) electrons. The fraction of sp³-hybridized carbons (Fsp3) is 0.417. The summed E-state index contributed by atoms with van der Waals surface area (Å²) in [6.45, 7) is 1.75. The number of carbonyl (C=O) groups excluding carboxylic acids is 1. The SMILES string of the molecule is CCCS(=O)(=O)c1ccccc1NCC(=O)OC. The quantitative estimate of drug-likeness (QED) is 0.793. The summed E-state index contributed by atoms with van der Waals surface area (Å²) in [5.41, 5.74) is 0.427. The second-order valence-corrected chi connectivity index (χ2v) is 5.82. The number of rotatable bonds is 6. The zero-order chi connectivity index (χ0) is 13.6. The lowest BCUT2D eigenvalue weighted by Crippen LogP contribution is -2.17. The van der Waals surface area contributed by atoms with Crippen LogP contribution in [0.25, 0.3) is 0 Å². The molecule has 0 heterocycles. The second-order valence-electron chi connectivity index (χ2n) is 3.74. The summed E-state index contributed by atoms with van der Waals surface area (Å²) in [7, 11) is -2.03. The van der Waals surface area contributed by atoms with E-state index in [-0.39, 0.29) is 17.2 Å². The van der Waals surface area contributed by atoms with E-state index >= 15 is 0 Å². The van der Waals surface area contributed by atoms with Gasteiger partial charge in [-0.05, 0) is 18.6 Å². The fourth-order valence-electron chi connectivity index (χ4n) is 1.50. The molecule has 0 amide bonds. The molecule has 1 rings (SSSR count). The number of hydrogen-bond acceptors (Lipinski definition) is 5. The van der Waals surface area contributed by atoms with Crippen molar-refractivity contribution in [3.8, 4) is 0 Å². The average Bonchev–Trinajstić information content (AvgIpc) is 2.36. The maximum absolute atomic E-state index is 12.0. The molecule has 6 heteroatoms. The average molecular weight is 271 g/mol. The lowest BCUT2D eigenvalue weighted by atomic mass is 10.3. The predicted molar refractivity (Wildman–Crippen MR) is 69.3 cm³/mol. The van der Waals surface area contributed by atoms with E-state index in [0.29, 0.717) is 12.1 Å². The van der Waals surface area contributed by atoms with Gasteiger partial charge in [-0.2, -0.15) is 0 Å². The van der Waals surface area contributed by atoms with Gasteiger partial charge in [-0.15, -0.1) is 0 Å². The van der Waals surface area contributed by atoms with Crippen LogP contribution in [0.5, 0.6) is 0 Å². The lowest BCUT2D eigenvalue weighted by molar-refractivity contribution is -0.138. The summed E-state index contributed by atoms with van der Waals surface area (Å²) in [6.07, 6.45) is 0.549. The van der Waals surface area contributed by atoms with Crippen LogP contribution in [0.3, 0.4) is 0 Å². The van der Waals surface area contributed by atoms with Gasteiger partial charge in [0.05, 0.1) is 23.4 Å². The Labute approximate surface area is 107 Å². The molecule has 0 aliphatic carbocycles. The van der Waals surface area contributed by atoms with E-state index < -0.39 is 15.8 Å². The third-order valence-corrected chi connectivity index (χ3v) is 4.32.